The number of benzene rings is 1. The van der Waals surface area contributed by atoms with E-state index in [2.05, 4.69) is 17.2 Å². The lowest BCUT2D eigenvalue weighted by atomic mass is 10.2. The van der Waals surface area contributed by atoms with Crippen LogP contribution in [-0.4, -0.2) is 18.6 Å². The van der Waals surface area contributed by atoms with Crippen LogP contribution < -0.4 is 15.8 Å². The van der Waals surface area contributed by atoms with E-state index in [-0.39, 0.29) is 24.0 Å². The van der Waals surface area contributed by atoms with Crippen LogP contribution >= 0.6 is 24.0 Å². The average molecular weight is 375 g/mol. The van der Waals surface area contributed by atoms with Gasteiger partial charge in [-0.1, -0.05) is 19.1 Å². The van der Waals surface area contributed by atoms with Crippen molar-refractivity contribution in [3.05, 3.63) is 29.8 Å². The second-order valence-corrected chi connectivity index (χ2v) is 4.61. The highest BCUT2D eigenvalue weighted by molar-refractivity contribution is 14.0. The van der Waals surface area contributed by atoms with Gasteiger partial charge in [-0.15, -0.1) is 24.0 Å². The molecular weight excluding hydrogens is 353 g/mol. The zero-order valence-electron chi connectivity index (χ0n) is 11.3. The highest BCUT2D eigenvalue weighted by atomic mass is 127. The minimum absolute atomic E-state index is 0. The van der Waals surface area contributed by atoms with Crippen molar-refractivity contribution in [1.82, 2.24) is 5.32 Å². The van der Waals surface area contributed by atoms with Crippen molar-refractivity contribution >= 4 is 29.9 Å². The molecule has 0 aromatic heterocycles. The largest absolute Gasteiger partial charge is 0.494 e. The molecule has 19 heavy (non-hydrogen) atoms. The van der Waals surface area contributed by atoms with Crippen molar-refractivity contribution in [1.29, 1.82) is 0 Å². The van der Waals surface area contributed by atoms with Gasteiger partial charge in [-0.05, 0) is 37.0 Å². The Balaban J connectivity index is 0.00000180. The van der Waals surface area contributed by atoms with E-state index in [4.69, 9.17) is 10.5 Å². The third kappa shape index (κ3) is 6.13. The summed E-state index contributed by atoms with van der Waals surface area (Å²) in [5.74, 6) is 1.46. The molecule has 0 atom stereocenters. The Labute approximate surface area is 131 Å². The maximum Gasteiger partial charge on any atom is 0.189 e. The molecule has 2 rings (SSSR count). The molecule has 1 aliphatic rings. The Kier molecular flexibility index (Phi) is 6.97. The summed E-state index contributed by atoms with van der Waals surface area (Å²) in [4.78, 5) is 4.31. The van der Waals surface area contributed by atoms with E-state index in [1.807, 2.05) is 24.3 Å². The Morgan fingerprint density at radius 3 is 2.63 bits per heavy atom. The molecule has 1 saturated carbocycles. The normalized spacial score (nSPS) is 14.7. The molecule has 0 amide bonds. The molecule has 0 unspecified atom stereocenters. The summed E-state index contributed by atoms with van der Waals surface area (Å²) in [7, 11) is 0. The van der Waals surface area contributed by atoms with Crippen LogP contribution in [0.4, 0.5) is 0 Å². The molecule has 0 heterocycles. The molecule has 106 valence electrons. The fourth-order valence-corrected chi connectivity index (χ4v) is 1.57. The van der Waals surface area contributed by atoms with Gasteiger partial charge in [0.25, 0.3) is 0 Å². The maximum absolute atomic E-state index is 5.77. The van der Waals surface area contributed by atoms with Gasteiger partial charge in [0.15, 0.2) is 5.96 Å². The van der Waals surface area contributed by atoms with Gasteiger partial charge in [0.05, 0.1) is 13.2 Å². The molecule has 1 aliphatic carbocycles. The molecule has 0 saturated heterocycles. The first-order chi connectivity index (χ1) is 8.78. The fraction of sp³-hybridized carbons (Fsp3) is 0.500. The average Bonchev–Trinajstić information content (AvgIpc) is 3.19. The van der Waals surface area contributed by atoms with Gasteiger partial charge in [0.1, 0.15) is 5.75 Å². The number of nitrogens with two attached hydrogens (primary N) is 1. The van der Waals surface area contributed by atoms with Gasteiger partial charge in [0, 0.05) is 6.04 Å². The van der Waals surface area contributed by atoms with E-state index in [9.17, 15) is 0 Å². The number of rotatable bonds is 6. The zero-order valence-corrected chi connectivity index (χ0v) is 13.6. The van der Waals surface area contributed by atoms with Gasteiger partial charge >= 0.3 is 0 Å². The summed E-state index contributed by atoms with van der Waals surface area (Å²) >= 11 is 0. The minimum atomic E-state index is 0. The highest BCUT2D eigenvalue weighted by Crippen LogP contribution is 2.18. The lowest BCUT2D eigenvalue weighted by Crippen LogP contribution is -2.33. The van der Waals surface area contributed by atoms with Crippen molar-refractivity contribution in [2.45, 2.75) is 38.8 Å². The number of guanidine groups is 1. The summed E-state index contributed by atoms with van der Waals surface area (Å²) in [6.45, 7) is 3.47. The highest BCUT2D eigenvalue weighted by Gasteiger charge is 2.21. The van der Waals surface area contributed by atoms with Crippen LogP contribution in [0.5, 0.6) is 5.75 Å². The van der Waals surface area contributed by atoms with E-state index in [0.717, 1.165) is 24.3 Å². The topological polar surface area (TPSA) is 59.6 Å². The second-order valence-electron chi connectivity index (χ2n) is 4.61. The molecule has 5 heteroatoms. The third-order valence-corrected chi connectivity index (χ3v) is 2.76. The number of hydrogen-bond donors (Lipinski definition) is 2. The number of nitrogens with one attached hydrogen (secondary N) is 1. The first-order valence-corrected chi connectivity index (χ1v) is 6.56. The molecule has 0 aliphatic heterocycles. The minimum Gasteiger partial charge on any atom is -0.494 e. The third-order valence-electron chi connectivity index (χ3n) is 2.76. The molecule has 1 fully saturated rings. The van der Waals surface area contributed by atoms with Crippen LogP contribution in [0.25, 0.3) is 0 Å². The lowest BCUT2D eigenvalue weighted by Gasteiger charge is -2.06. The Bertz CT molecular complexity index is 402. The summed E-state index contributed by atoms with van der Waals surface area (Å²) in [6, 6.07) is 8.56. The molecule has 0 bridgehead atoms. The first kappa shape index (κ1) is 16.1. The van der Waals surface area contributed by atoms with E-state index in [0.29, 0.717) is 18.5 Å². The Morgan fingerprint density at radius 2 is 2.05 bits per heavy atom. The van der Waals surface area contributed by atoms with Crippen LogP contribution in [0.15, 0.2) is 29.3 Å². The first-order valence-electron chi connectivity index (χ1n) is 6.56. The van der Waals surface area contributed by atoms with Gasteiger partial charge < -0.3 is 15.8 Å². The Morgan fingerprint density at radius 1 is 1.37 bits per heavy atom. The van der Waals surface area contributed by atoms with Crippen LogP contribution in [-0.2, 0) is 6.54 Å². The van der Waals surface area contributed by atoms with Gasteiger partial charge in [0.2, 0.25) is 0 Å². The quantitative estimate of drug-likeness (QED) is 0.457. The number of ether oxygens (including phenoxy) is 1. The SMILES string of the molecule is CCCOc1ccc(CN=C(N)NC2CC2)cc1.I. The van der Waals surface area contributed by atoms with Crippen molar-refractivity contribution in [3.8, 4) is 5.75 Å². The van der Waals surface area contributed by atoms with Crippen molar-refractivity contribution in [3.63, 3.8) is 0 Å². The van der Waals surface area contributed by atoms with E-state index < -0.39 is 0 Å². The molecule has 0 radical (unpaired) electrons. The van der Waals surface area contributed by atoms with Crippen LogP contribution in [0.2, 0.25) is 0 Å². The summed E-state index contributed by atoms with van der Waals surface area (Å²) in [5.41, 5.74) is 6.91. The summed E-state index contributed by atoms with van der Waals surface area (Å²) in [6.07, 6.45) is 3.44. The Hall–Kier alpha value is -0.980. The standard InChI is InChI=1S/C14H21N3O.HI/c1-2-9-18-13-7-3-11(4-8-13)10-16-14(15)17-12-5-6-12;/h3-4,7-8,12H,2,5-6,9-10H2,1H3,(H3,15,16,17);1H. The predicted molar refractivity (Wildman–Crippen MR) is 89.1 cm³/mol. The smallest absolute Gasteiger partial charge is 0.189 e. The van der Waals surface area contributed by atoms with E-state index in [1.54, 1.807) is 0 Å². The predicted octanol–water partition coefficient (Wildman–Crippen LogP) is 2.66. The van der Waals surface area contributed by atoms with Gasteiger partial charge in [-0.2, -0.15) is 0 Å². The number of halogens is 1. The van der Waals surface area contributed by atoms with E-state index in [1.165, 1.54) is 12.8 Å². The van der Waals surface area contributed by atoms with Crippen molar-refractivity contribution in [2.75, 3.05) is 6.61 Å². The molecule has 1 aromatic carbocycles. The lowest BCUT2D eigenvalue weighted by molar-refractivity contribution is 0.317. The van der Waals surface area contributed by atoms with Crippen LogP contribution in [0.3, 0.4) is 0 Å². The fourth-order valence-electron chi connectivity index (χ4n) is 1.57. The summed E-state index contributed by atoms with van der Waals surface area (Å²) in [5, 5.41) is 3.17. The molecule has 1 aromatic rings. The maximum atomic E-state index is 5.77. The molecular formula is C14H22IN3O. The van der Waals surface area contributed by atoms with Crippen LogP contribution in [0.1, 0.15) is 31.7 Å². The van der Waals surface area contributed by atoms with Crippen molar-refractivity contribution < 1.29 is 4.74 Å². The van der Waals surface area contributed by atoms with Crippen molar-refractivity contribution in [2.24, 2.45) is 10.7 Å². The monoisotopic (exact) mass is 375 g/mol. The van der Waals surface area contributed by atoms with Crippen LogP contribution in [0, 0.1) is 0 Å². The number of hydrogen-bond acceptors (Lipinski definition) is 2. The summed E-state index contributed by atoms with van der Waals surface area (Å²) < 4.78 is 5.52. The molecule has 0 spiro atoms. The number of aliphatic imine (C=N–C) groups is 1. The molecule has 3 N–H and O–H groups in total. The zero-order chi connectivity index (χ0) is 12.8. The van der Waals surface area contributed by atoms with Gasteiger partial charge in [-0.25, -0.2) is 4.99 Å². The van der Waals surface area contributed by atoms with E-state index >= 15 is 0 Å². The number of nitrogens with zero attached hydrogens (tertiary/aromatic N) is 1. The second kappa shape index (κ2) is 8.24. The molecule has 4 nitrogen and oxygen atoms in total. The van der Waals surface area contributed by atoms with Gasteiger partial charge in [-0.3, -0.25) is 0 Å².